The highest BCUT2D eigenvalue weighted by atomic mass is 31.2. The van der Waals surface area contributed by atoms with Crippen LogP contribution in [0.5, 0.6) is 0 Å². The molecule has 0 amide bonds. The predicted molar refractivity (Wildman–Crippen MR) is 41.8 cm³/mol. The normalized spacial score (nSPS) is 15.5. The maximum Gasteiger partial charge on any atom is 0.303 e. The zero-order valence-corrected chi connectivity index (χ0v) is 7.89. The molecule has 1 atom stereocenters. The Labute approximate surface area is 66.3 Å². The second-order valence-corrected chi connectivity index (χ2v) is 4.74. The van der Waals surface area contributed by atoms with Gasteiger partial charge in [-0.05, 0) is 6.92 Å². The Bertz CT molecular complexity index is 177. The predicted octanol–water partition coefficient (Wildman–Crippen LogP) is 1.45. The van der Waals surface area contributed by atoms with Gasteiger partial charge in [-0.15, -0.1) is 0 Å². The maximum absolute atomic E-state index is 11.2. The molecule has 0 aliphatic heterocycles. The third kappa shape index (κ3) is 6.07. The zero-order valence-electron chi connectivity index (χ0n) is 6.99. The molecule has 0 radical (unpaired) electrons. The van der Waals surface area contributed by atoms with Crippen molar-refractivity contribution in [3.05, 3.63) is 0 Å². The van der Waals surface area contributed by atoms with Crippen LogP contribution in [0.25, 0.3) is 0 Å². The first kappa shape index (κ1) is 10.7. The summed E-state index contributed by atoms with van der Waals surface area (Å²) < 4.78 is 20.6. The van der Waals surface area contributed by atoms with Crippen molar-refractivity contribution >= 4 is 13.3 Å². The van der Waals surface area contributed by atoms with E-state index in [1.807, 2.05) is 0 Å². The van der Waals surface area contributed by atoms with E-state index in [0.717, 1.165) is 0 Å². The molecule has 0 aliphatic carbocycles. The Morgan fingerprint density at radius 1 is 1.55 bits per heavy atom. The largest absolute Gasteiger partial charge is 0.455 e. The summed E-state index contributed by atoms with van der Waals surface area (Å²) in [4.78, 5) is 10.3. The van der Waals surface area contributed by atoms with Crippen LogP contribution in [0.1, 0.15) is 13.8 Å². The number of esters is 1. The summed E-state index contributed by atoms with van der Waals surface area (Å²) in [6, 6.07) is 0. The van der Waals surface area contributed by atoms with Gasteiger partial charge >= 0.3 is 5.97 Å². The number of hydrogen-bond acceptors (Lipinski definition) is 4. The minimum absolute atomic E-state index is 0.129. The lowest BCUT2D eigenvalue weighted by Crippen LogP contribution is -2.02. The third-order valence-electron chi connectivity index (χ3n) is 0.905. The van der Waals surface area contributed by atoms with E-state index in [9.17, 15) is 9.36 Å². The van der Waals surface area contributed by atoms with E-state index < -0.39 is 13.3 Å². The molecule has 1 unspecified atom stereocenters. The SMILES string of the molecule is CCOP(C)(=O)COC(C)=O. The summed E-state index contributed by atoms with van der Waals surface area (Å²) in [7, 11) is -2.69. The lowest BCUT2D eigenvalue weighted by Gasteiger charge is -2.11. The van der Waals surface area contributed by atoms with E-state index in [2.05, 4.69) is 4.74 Å². The topological polar surface area (TPSA) is 52.6 Å². The Hall–Kier alpha value is -0.340. The average Bonchev–Trinajstić information content (AvgIpc) is 1.84. The summed E-state index contributed by atoms with van der Waals surface area (Å²) in [5.41, 5.74) is 0. The lowest BCUT2D eigenvalue weighted by atomic mass is 10.8. The fraction of sp³-hybridized carbons (Fsp3) is 0.833. The summed E-state index contributed by atoms with van der Waals surface area (Å²) in [5, 5.41) is 0. The molecule has 0 rings (SSSR count). The van der Waals surface area contributed by atoms with Gasteiger partial charge in [0.05, 0.1) is 6.61 Å². The Morgan fingerprint density at radius 2 is 2.09 bits per heavy atom. The van der Waals surface area contributed by atoms with E-state index in [1.54, 1.807) is 6.92 Å². The molecular formula is C6H13O4P. The first-order chi connectivity index (χ1) is 4.98. The Kier molecular flexibility index (Phi) is 4.38. The molecule has 0 saturated heterocycles. The van der Waals surface area contributed by atoms with Crippen LogP contribution in [0.2, 0.25) is 0 Å². The van der Waals surface area contributed by atoms with Crippen molar-refractivity contribution in [3.63, 3.8) is 0 Å². The van der Waals surface area contributed by atoms with Crippen LogP contribution in [0, 0.1) is 0 Å². The number of hydrogen-bond donors (Lipinski definition) is 0. The van der Waals surface area contributed by atoms with Crippen LogP contribution >= 0.6 is 7.37 Å². The quantitative estimate of drug-likeness (QED) is 0.485. The van der Waals surface area contributed by atoms with Crippen LogP contribution in [-0.2, 0) is 18.6 Å². The molecule has 66 valence electrons. The Morgan fingerprint density at radius 3 is 2.45 bits per heavy atom. The van der Waals surface area contributed by atoms with Gasteiger partial charge in [0, 0.05) is 13.6 Å². The fourth-order valence-electron chi connectivity index (χ4n) is 0.519. The van der Waals surface area contributed by atoms with Crippen molar-refractivity contribution in [1.29, 1.82) is 0 Å². The van der Waals surface area contributed by atoms with Crippen LogP contribution < -0.4 is 0 Å². The Balaban J connectivity index is 3.73. The van der Waals surface area contributed by atoms with E-state index in [1.165, 1.54) is 13.6 Å². The van der Waals surface area contributed by atoms with Gasteiger partial charge in [-0.3, -0.25) is 9.36 Å². The van der Waals surface area contributed by atoms with Crippen LogP contribution in [0.4, 0.5) is 0 Å². The molecule has 0 aromatic heterocycles. The summed E-state index contributed by atoms with van der Waals surface area (Å²) in [6.07, 6.45) is -0.129. The van der Waals surface area contributed by atoms with Crippen LogP contribution in [-0.4, -0.2) is 25.6 Å². The second-order valence-electron chi connectivity index (χ2n) is 2.20. The molecule has 0 aromatic rings. The lowest BCUT2D eigenvalue weighted by molar-refractivity contribution is -0.139. The minimum Gasteiger partial charge on any atom is -0.455 e. The van der Waals surface area contributed by atoms with Gasteiger partial charge in [-0.25, -0.2) is 0 Å². The summed E-state index contributed by atoms with van der Waals surface area (Å²) in [5.74, 6) is -0.438. The molecule has 4 nitrogen and oxygen atoms in total. The number of rotatable bonds is 4. The van der Waals surface area contributed by atoms with Gasteiger partial charge in [-0.1, -0.05) is 0 Å². The van der Waals surface area contributed by atoms with Gasteiger partial charge in [0.15, 0.2) is 6.35 Å². The fourth-order valence-corrected chi connectivity index (χ4v) is 1.56. The minimum atomic E-state index is -2.69. The monoisotopic (exact) mass is 180 g/mol. The van der Waals surface area contributed by atoms with Crippen LogP contribution in [0.15, 0.2) is 0 Å². The van der Waals surface area contributed by atoms with Crippen LogP contribution in [0.3, 0.4) is 0 Å². The highest BCUT2D eigenvalue weighted by molar-refractivity contribution is 7.57. The maximum atomic E-state index is 11.2. The molecule has 0 bridgehead atoms. The molecule has 0 heterocycles. The summed E-state index contributed by atoms with van der Waals surface area (Å²) >= 11 is 0. The van der Waals surface area contributed by atoms with E-state index >= 15 is 0 Å². The van der Waals surface area contributed by atoms with Crippen molar-refractivity contribution in [3.8, 4) is 0 Å². The zero-order chi connectivity index (χ0) is 8.91. The van der Waals surface area contributed by atoms with Gasteiger partial charge in [0.2, 0.25) is 7.37 Å². The highest BCUT2D eigenvalue weighted by Gasteiger charge is 2.16. The van der Waals surface area contributed by atoms with E-state index in [4.69, 9.17) is 4.52 Å². The molecule has 0 fully saturated rings. The molecule has 5 heteroatoms. The molecule has 0 N–H and O–H groups in total. The van der Waals surface area contributed by atoms with Crippen molar-refractivity contribution in [2.75, 3.05) is 19.6 Å². The first-order valence-electron chi connectivity index (χ1n) is 3.32. The van der Waals surface area contributed by atoms with Gasteiger partial charge in [0.1, 0.15) is 0 Å². The van der Waals surface area contributed by atoms with Crippen molar-refractivity contribution < 1.29 is 18.6 Å². The number of carbonyl (C=O) groups excluding carboxylic acids is 1. The molecule has 0 aromatic carbocycles. The van der Waals surface area contributed by atoms with Crippen molar-refractivity contribution in [2.24, 2.45) is 0 Å². The number of carbonyl (C=O) groups is 1. The molecule has 0 spiro atoms. The summed E-state index contributed by atoms with van der Waals surface area (Å²) in [6.45, 7) is 4.82. The highest BCUT2D eigenvalue weighted by Crippen LogP contribution is 2.41. The van der Waals surface area contributed by atoms with E-state index in [0.29, 0.717) is 6.61 Å². The second kappa shape index (κ2) is 4.52. The molecule has 11 heavy (non-hydrogen) atoms. The van der Waals surface area contributed by atoms with Gasteiger partial charge < -0.3 is 9.26 Å². The molecular weight excluding hydrogens is 167 g/mol. The molecule has 0 aliphatic rings. The molecule has 0 saturated carbocycles. The van der Waals surface area contributed by atoms with Crippen molar-refractivity contribution in [1.82, 2.24) is 0 Å². The number of ether oxygens (including phenoxy) is 1. The van der Waals surface area contributed by atoms with Gasteiger partial charge in [0.25, 0.3) is 0 Å². The third-order valence-corrected chi connectivity index (χ3v) is 2.31. The standard InChI is InChI=1S/C6H13O4P/c1-4-10-11(3,8)5-9-6(2)7/h4-5H2,1-3H3. The first-order valence-corrected chi connectivity index (χ1v) is 5.58. The van der Waals surface area contributed by atoms with Gasteiger partial charge in [-0.2, -0.15) is 0 Å². The average molecular weight is 180 g/mol. The smallest absolute Gasteiger partial charge is 0.303 e. The van der Waals surface area contributed by atoms with Crippen molar-refractivity contribution in [2.45, 2.75) is 13.8 Å². The van der Waals surface area contributed by atoms with E-state index in [-0.39, 0.29) is 6.35 Å².